The van der Waals surface area contributed by atoms with E-state index in [1.54, 1.807) is 12.3 Å². The van der Waals surface area contributed by atoms with E-state index >= 15 is 0 Å². The molecule has 32 heavy (non-hydrogen) atoms. The number of nitrogens with one attached hydrogen (secondary N) is 1. The molecule has 1 N–H and O–H groups in total. The summed E-state index contributed by atoms with van der Waals surface area (Å²) in [5, 5.41) is 15.1. The predicted octanol–water partition coefficient (Wildman–Crippen LogP) is 4.54. The number of carbonyl (C=O) groups excluding carboxylic acids is 1. The van der Waals surface area contributed by atoms with E-state index in [0.717, 1.165) is 24.1 Å². The summed E-state index contributed by atoms with van der Waals surface area (Å²) in [6.45, 7) is 11.6. The first kappa shape index (κ1) is 23.2. The van der Waals surface area contributed by atoms with Crippen molar-refractivity contribution in [1.82, 2.24) is 5.43 Å². The summed E-state index contributed by atoms with van der Waals surface area (Å²) < 4.78 is 5.29. The third kappa shape index (κ3) is 4.90. The fourth-order valence-electron chi connectivity index (χ4n) is 4.47. The van der Waals surface area contributed by atoms with Crippen LogP contribution in [0.5, 0.6) is 5.75 Å². The van der Waals surface area contributed by atoms with E-state index in [-0.39, 0.29) is 23.6 Å². The highest BCUT2D eigenvalue weighted by Gasteiger charge is 2.35. The molecule has 170 valence electrons. The van der Waals surface area contributed by atoms with Crippen LogP contribution in [0.4, 0.5) is 11.4 Å². The lowest BCUT2D eigenvalue weighted by Crippen LogP contribution is -2.48. The summed E-state index contributed by atoms with van der Waals surface area (Å²) in [7, 11) is 0. The summed E-state index contributed by atoms with van der Waals surface area (Å²) in [4.78, 5) is 25.0. The number of aryl methyl sites for hydroxylation is 1. The Morgan fingerprint density at radius 2 is 2.09 bits per heavy atom. The monoisotopic (exact) mass is 438 g/mol. The third-order valence-electron chi connectivity index (χ3n) is 5.90. The molecule has 8 nitrogen and oxygen atoms in total. The molecule has 2 aromatic carbocycles. The number of hydrazone groups is 1. The molecule has 1 amide bonds. The first-order chi connectivity index (χ1) is 15.1. The lowest BCUT2D eigenvalue weighted by molar-refractivity contribution is -0.385. The number of para-hydroxylation sites is 2. The van der Waals surface area contributed by atoms with Gasteiger partial charge in [-0.1, -0.05) is 19.1 Å². The summed E-state index contributed by atoms with van der Waals surface area (Å²) >= 11 is 0. The van der Waals surface area contributed by atoms with Gasteiger partial charge in [0.2, 0.25) is 0 Å². The fourth-order valence-corrected chi connectivity index (χ4v) is 4.47. The first-order valence-electron chi connectivity index (χ1n) is 10.7. The Labute approximate surface area is 188 Å². The van der Waals surface area contributed by atoms with Crippen molar-refractivity contribution in [3.63, 3.8) is 0 Å². The number of rotatable bonds is 7. The van der Waals surface area contributed by atoms with E-state index in [2.05, 4.69) is 55.3 Å². The Bertz CT molecular complexity index is 1050. The molecule has 0 fully saturated rings. The second-order valence-electron chi connectivity index (χ2n) is 8.74. The molecule has 0 bridgehead atoms. The molecule has 0 aromatic heterocycles. The largest absolute Gasteiger partial charge is 0.477 e. The molecule has 8 heteroatoms. The van der Waals surface area contributed by atoms with Crippen LogP contribution in [0.15, 0.2) is 41.5 Å². The SMILES string of the molecule is CCN1c2cc(C)c(/C=N/NC(=O)COc3ccccc3[N+](=O)[O-])cc2[C@H](C)CC1(C)C. The van der Waals surface area contributed by atoms with Crippen LogP contribution in [0.2, 0.25) is 0 Å². The minimum absolute atomic E-state index is 0.0413. The van der Waals surface area contributed by atoms with Gasteiger partial charge in [-0.3, -0.25) is 14.9 Å². The first-order valence-corrected chi connectivity index (χ1v) is 10.7. The minimum Gasteiger partial charge on any atom is -0.477 e. The smallest absolute Gasteiger partial charge is 0.310 e. The summed E-state index contributed by atoms with van der Waals surface area (Å²) in [6, 6.07) is 10.3. The highest BCUT2D eigenvalue weighted by atomic mass is 16.6. The molecule has 0 aliphatic carbocycles. The molecule has 1 atom stereocenters. The molecule has 0 saturated carbocycles. The van der Waals surface area contributed by atoms with Crippen LogP contribution in [0.3, 0.4) is 0 Å². The van der Waals surface area contributed by atoms with Gasteiger partial charge in [0.25, 0.3) is 5.91 Å². The molecule has 1 heterocycles. The maximum absolute atomic E-state index is 12.1. The zero-order valence-corrected chi connectivity index (χ0v) is 19.2. The number of carbonyl (C=O) groups is 1. The number of nitrogens with zero attached hydrogens (tertiary/aromatic N) is 3. The van der Waals surface area contributed by atoms with Gasteiger partial charge >= 0.3 is 5.69 Å². The van der Waals surface area contributed by atoms with Crippen molar-refractivity contribution in [2.45, 2.75) is 52.5 Å². The van der Waals surface area contributed by atoms with Gasteiger partial charge in [0.1, 0.15) is 0 Å². The van der Waals surface area contributed by atoms with Gasteiger partial charge in [0.05, 0.1) is 11.1 Å². The Balaban J connectivity index is 1.68. The minimum atomic E-state index is -0.550. The average molecular weight is 439 g/mol. The molecule has 0 unspecified atom stereocenters. The van der Waals surface area contributed by atoms with Crippen molar-refractivity contribution in [3.05, 3.63) is 63.2 Å². The van der Waals surface area contributed by atoms with Crippen molar-refractivity contribution in [2.24, 2.45) is 5.10 Å². The number of fused-ring (bicyclic) bond motifs is 1. The lowest BCUT2D eigenvalue weighted by Gasteiger charge is -2.47. The molecule has 2 aromatic rings. The number of anilines is 1. The summed E-state index contributed by atoms with van der Waals surface area (Å²) in [5.41, 5.74) is 6.89. The quantitative estimate of drug-likeness (QED) is 0.389. The third-order valence-corrected chi connectivity index (χ3v) is 5.90. The standard InChI is InChI=1S/C24H30N4O4/c1-6-27-21-11-16(2)18(12-19(21)17(3)13-24(27,4)5)14-25-26-23(29)15-32-22-10-8-7-9-20(22)28(30)31/h7-12,14,17H,6,13,15H2,1-5H3,(H,26,29)/b25-14+/t17-/m1/s1. The van der Waals surface area contributed by atoms with E-state index in [1.165, 1.54) is 29.4 Å². The molecule has 0 spiro atoms. The van der Waals surface area contributed by atoms with Crippen LogP contribution < -0.4 is 15.1 Å². The van der Waals surface area contributed by atoms with Gasteiger partial charge in [-0.05, 0) is 74.9 Å². The number of hydrogen-bond acceptors (Lipinski definition) is 6. The van der Waals surface area contributed by atoms with Gasteiger partial charge in [0, 0.05) is 23.8 Å². The zero-order chi connectivity index (χ0) is 23.5. The van der Waals surface area contributed by atoms with Crippen molar-refractivity contribution in [1.29, 1.82) is 0 Å². The summed E-state index contributed by atoms with van der Waals surface area (Å²) in [6.07, 6.45) is 2.69. The van der Waals surface area contributed by atoms with Crippen LogP contribution in [0.25, 0.3) is 0 Å². The molecular weight excluding hydrogens is 408 g/mol. The van der Waals surface area contributed by atoms with Gasteiger partial charge in [-0.2, -0.15) is 5.10 Å². The van der Waals surface area contributed by atoms with Crippen LogP contribution >= 0.6 is 0 Å². The number of nitro benzene ring substituents is 1. The van der Waals surface area contributed by atoms with Crippen LogP contribution in [0.1, 0.15) is 56.7 Å². The van der Waals surface area contributed by atoms with Crippen LogP contribution in [-0.2, 0) is 4.79 Å². The van der Waals surface area contributed by atoms with E-state index in [0.29, 0.717) is 5.92 Å². The highest BCUT2D eigenvalue weighted by molar-refractivity contribution is 5.86. The van der Waals surface area contributed by atoms with Crippen molar-refractivity contribution in [3.8, 4) is 5.75 Å². The van der Waals surface area contributed by atoms with Crippen LogP contribution in [-0.4, -0.2) is 35.7 Å². The van der Waals surface area contributed by atoms with Gasteiger partial charge < -0.3 is 9.64 Å². The van der Waals surface area contributed by atoms with Gasteiger partial charge in [0.15, 0.2) is 12.4 Å². The molecule has 1 aliphatic rings. The Morgan fingerprint density at radius 3 is 2.78 bits per heavy atom. The number of benzene rings is 2. The second-order valence-corrected chi connectivity index (χ2v) is 8.74. The Kier molecular flexibility index (Phi) is 6.81. The Hall–Kier alpha value is -3.42. The normalized spacial score (nSPS) is 17.2. The van der Waals surface area contributed by atoms with Crippen molar-refractivity contribution >= 4 is 23.5 Å². The van der Waals surface area contributed by atoms with Gasteiger partial charge in [-0.15, -0.1) is 0 Å². The summed E-state index contributed by atoms with van der Waals surface area (Å²) in [5.74, 6) is -0.0398. The number of amides is 1. The maximum Gasteiger partial charge on any atom is 0.310 e. The van der Waals surface area contributed by atoms with E-state index in [9.17, 15) is 14.9 Å². The topological polar surface area (TPSA) is 97.1 Å². The van der Waals surface area contributed by atoms with E-state index in [4.69, 9.17) is 4.74 Å². The molecule has 0 radical (unpaired) electrons. The van der Waals surface area contributed by atoms with E-state index < -0.39 is 10.8 Å². The molecule has 3 rings (SSSR count). The number of nitro groups is 1. The molecule has 0 saturated heterocycles. The maximum atomic E-state index is 12.1. The van der Waals surface area contributed by atoms with Crippen molar-refractivity contribution in [2.75, 3.05) is 18.1 Å². The zero-order valence-electron chi connectivity index (χ0n) is 19.2. The van der Waals surface area contributed by atoms with Crippen molar-refractivity contribution < 1.29 is 14.5 Å². The van der Waals surface area contributed by atoms with E-state index in [1.807, 2.05) is 6.92 Å². The number of hydrogen-bond donors (Lipinski definition) is 1. The highest BCUT2D eigenvalue weighted by Crippen LogP contribution is 2.44. The molecule has 1 aliphatic heterocycles. The van der Waals surface area contributed by atoms with Crippen LogP contribution in [0, 0.1) is 17.0 Å². The number of ether oxygens (including phenoxy) is 1. The molecular formula is C24H30N4O4. The fraction of sp³-hybridized carbons (Fsp3) is 0.417. The average Bonchev–Trinajstić information content (AvgIpc) is 2.73. The predicted molar refractivity (Wildman–Crippen MR) is 126 cm³/mol. The van der Waals surface area contributed by atoms with Gasteiger partial charge in [-0.25, -0.2) is 5.43 Å². The lowest BCUT2D eigenvalue weighted by atomic mass is 9.79. The second kappa shape index (κ2) is 9.38. The Morgan fingerprint density at radius 1 is 1.38 bits per heavy atom.